The van der Waals surface area contributed by atoms with Gasteiger partial charge in [0.2, 0.25) is 6.04 Å². The first-order chi connectivity index (χ1) is 10.1. The van der Waals surface area contributed by atoms with Crippen molar-refractivity contribution in [1.82, 2.24) is 0 Å². The van der Waals surface area contributed by atoms with Gasteiger partial charge in [-0.05, 0) is 6.92 Å². The molecule has 0 aliphatic carbocycles. The molecule has 104 valence electrons. The molecule has 0 radical (unpaired) electrons. The molecule has 0 amide bonds. The van der Waals surface area contributed by atoms with Gasteiger partial charge in [0.05, 0.1) is 0 Å². The standard InChI is InChI=1S/C20H20N/c1-4-20-16-12-8-7-11-15(16)18(2)13-9-5-6-10-14(13)19(3)17(20)21(18,19)20/h5-12,17H,4H2,1-3H3/q+1/t17?,18?,19-,20+,21?/m0/s1. The van der Waals surface area contributed by atoms with Crippen molar-refractivity contribution in [2.24, 2.45) is 0 Å². The Hall–Kier alpha value is -1.60. The summed E-state index contributed by atoms with van der Waals surface area (Å²) in [5.41, 5.74) is 7.42. The predicted molar refractivity (Wildman–Crippen MR) is 82.7 cm³/mol. The van der Waals surface area contributed by atoms with E-state index in [9.17, 15) is 0 Å². The van der Waals surface area contributed by atoms with Crippen molar-refractivity contribution < 1.29 is 4.48 Å². The van der Waals surface area contributed by atoms with Crippen LogP contribution in [0.4, 0.5) is 0 Å². The summed E-state index contributed by atoms with van der Waals surface area (Å²) in [6, 6.07) is 19.3. The molecule has 3 unspecified atom stereocenters. The Balaban J connectivity index is 1.80. The molecule has 2 aromatic carbocycles. The molecule has 1 heteroatoms. The van der Waals surface area contributed by atoms with Gasteiger partial charge in [-0.25, -0.2) is 0 Å². The lowest BCUT2D eigenvalue weighted by molar-refractivity contribution is -0.832. The first-order valence-corrected chi connectivity index (χ1v) is 8.22. The van der Waals surface area contributed by atoms with Gasteiger partial charge in [0.25, 0.3) is 0 Å². The Morgan fingerprint density at radius 2 is 1.38 bits per heavy atom. The van der Waals surface area contributed by atoms with Crippen molar-refractivity contribution in [3.63, 3.8) is 0 Å². The van der Waals surface area contributed by atoms with Gasteiger partial charge < -0.3 is 0 Å². The van der Waals surface area contributed by atoms with Crippen LogP contribution >= 0.6 is 0 Å². The molecule has 1 spiro atoms. The van der Waals surface area contributed by atoms with Crippen LogP contribution in [-0.4, -0.2) is 10.5 Å². The van der Waals surface area contributed by atoms with E-state index in [1.165, 1.54) is 10.9 Å². The molecule has 21 heavy (non-hydrogen) atoms. The lowest BCUT2D eigenvalue weighted by atomic mass is 9.73. The molecule has 4 aliphatic heterocycles. The first-order valence-electron chi connectivity index (χ1n) is 8.22. The van der Waals surface area contributed by atoms with Crippen LogP contribution in [0.25, 0.3) is 0 Å². The SMILES string of the molecule is CC[C@@]12c3ccccc3C3(C)c4ccccc4[C@@]4(C)C1[N+]342. The molecular formula is C20H20N+. The zero-order valence-electron chi connectivity index (χ0n) is 12.9. The summed E-state index contributed by atoms with van der Waals surface area (Å²) in [4.78, 5) is 0. The molecule has 2 saturated heterocycles. The van der Waals surface area contributed by atoms with Crippen molar-refractivity contribution in [2.75, 3.05) is 0 Å². The molecule has 4 heterocycles. The molecule has 0 N–H and O–H groups in total. The van der Waals surface area contributed by atoms with Gasteiger partial charge in [0.15, 0.2) is 16.6 Å². The van der Waals surface area contributed by atoms with Gasteiger partial charge in [-0.2, -0.15) is 0 Å². The van der Waals surface area contributed by atoms with Crippen molar-refractivity contribution in [3.05, 3.63) is 70.8 Å². The lowest BCUT2D eigenvalue weighted by Crippen LogP contribution is -2.43. The van der Waals surface area contributed by atoms with Crippen LogP contribution < -0.4 is 0 Å². The summed E-state index contributed by atoms with van der Waals surface area (Å²) in [6.07, 6.45) is 1.27. The fourth-order valence-electron chi connectivity index (χ4n) is 7.42. The number of quaternary nitrogens is 1. The van der Waals surface area contributed by atoms with Crippen LogP contribution in [0, 0.1) is 0 Å². The monoisotopic (exact) mass is 274 g/mol. The number of benzene rings is 2. The maximum atomic E-state index is 2.52. The van der Waals surface area contributed by atoms with E-state index < -0.39 is 0 Å². The van der Waals surface area contributed by atoms with E-state index in [1.54, 1.807) is 22.3 Å². The van der Waals surface area contributed by atoms with Gasteiger partial charge in [0.1, 0.15) is 0 Å². The van der Waals surface area contributed by atoms with Crippen LogP contribution in [0.1, 0.15) is 49.4 Å². The highest BCUT2D eigenvalue weighted by atomic mass is 15.8. The second kappa shape index (κ2) is 2.59. The van der Waals surface area contributed by atoms with Gasteiger partial charge in [0, 0.05) is 35.6 Å². The molecule has 0 saturated carbocycles. The minimum atomic E-state index is 0.183. The number of hydrogen-bond donors (Lipinski definition) is 0. The van der Waals surface area contributed by atoms with E-state index in [-0.39, 0.29) is 5.54 Å². The largest absolute Gasteiger partial charge is 0.270 e. The number of fused-ring (bicyclic) bond motifs is 8. The van der Waals surface area contributed by atoms with E-state index in [0.29, 0.717) is 11.1 Å². The van der Waals surface area contributed by atoms with E-state index >= 15 is 0 Å². The van der Waals surface area contributed by atoms with Crippen molar-refractivity contribution in [1.29, 1.82) is 0 Å². The molecule has 5 atom stereocenters. The quantitative estimate of drug-likeness (QED) is 0.544. The highest BCUT2D eigenvalue weighted by molar-refractivity contribution is 5.66. The van der Waals surface area contributed by atoms with E-state index in [0.717, 1.165) is 6.04 Å². The van der Waals surface area contributed by atoms with E-state index in [1.807, 2.05) is 0 Å². The molecule has 4 aliphatic rings. The second-order valence-corrected chi connectivity index (χ2v) is 7.71. The summed E-state index contributed by atoms with van der Waals surface area (Å²) >= 11 is 0. The van der Waals surface area contributed by atoms with Crippen LogP contribution in [0.3, 0.4) is 0 Å². The average molecular weight is 274 g/mol. The van der Waals surface area contributed by atoms with Crippen LogP contribution in [0.5, 0.6) is 0 Å². The third kappa shape index (κ3) is 0.633. The molecule has 2 aromatic rings. The summed E-state index contributed by atoms with van der Waals surface area (Å²) in [5.74, 6) is 0. The Morgan fingerprint density at radius 3 is 2.00 bits per heavy atom. The summed E-state index contributed by atoms with van der Waals surface area (Å²) in [6.45, 7) is 7.42. The first kappa shape index (κ1) is 11.0. The normalized spacial score (nSPS) is 49.2. The minimum absolute atomic E-state index is 0.183. The van der Waals surface area contributed by atoms with E-state index in [2.05, 4.69) is 69.3 Å². The van der Waals surface area contributed by atoms with Gasteiger partial charge in [-0.1, -0.05) is 55.5 Å². The fraction of sp³-hybridized carbons (Fsp3) is 0.400. The van der Waals surface area contributed by atoms with Gasteiger partial charge >= 0.3 is 0 Å². The molecule has 0 bridgehead atoms. The summed E-state index contributed by atoms with van der Waals surface area (Å²) < 4.78 is 1.31. The maximum absolute atomic E-state index is 2.52. The highest BCUT2D eigenvalue weighted by Gasteiger charge is 3.14. The maximum Gasteiger partial charge on any atom is 0.211 e. The lowest BCUT2D eigenvalue weighted by Gasteiger charge is -2.30. The van der Waals surface area contributed by atoms with E-state index in [4.69, 9.17) is 0 Å². The summed E-state index contributed by atoms with van der Waals surface area (Å²) in [7, 11) is 0. The average Bonchev–Trinajstić information content (AvgIpc) is 3.33. The third-order valence-corrected chi connectivity index (χ3v) is 7.76. The van der Waals surface area contributed by atoms with Gasteiger partial charge in [-0.3, -0.25) is 4.48 Å². The van der Waals surface area contributed by atoms with Crippen molar-refractivity contribution in [3.8, 4) is 0 Å². The van der Waals surface area contributed by atoms with Crippen molar-refractivity contribution >= 4 is 0 Å². The number of hydrogen-bond acceptors (Lipinski definition) is 0. The Morgan fingerprint density at radius 1 is 0.857 bits per heavy atom. The van der Waals surface area contributed by atoms with Gasteiger partial charge in [-0.15, -0.1) is 0 Å². The Labute approximate surface area is 125 Å². The Bertz CT molecular complexity index is 854. The van der Waals surface area contributed by atoms with Crippen LogP contribution in [-0.2, 0) is 16.6 Å². The fourth-order valence-corrected chi connectivity index (χ4v) is 7.42. The zero-order valence-corrected chi connectivity index (χ0v) is 12.9. The number of rotatable bonds is 1. The second-order valence-electron chi connectivity index (χ2n) is 7.71. The molecular weight excluding hydrogens is 254 g/mol. The molecule has 0 aromatic heterocycles. The van der Waals surface area contributed by atoms with Crippen molar-refractivity contribution in [2.45, 2.75) is 49.9 Å². The third-order valence-electron chi connectivity index (χ3n) is 7.76. The number of nitrogens with zero attached hydrogens (tertiary/aromatic N) is 1. The topological polar surface area (TPSA) is 0 Å². The van der Waals surface area contributed by atoms with Crippen LogP contribution in [0.2, 0.25) is 0 Å². The zero-order chi connectivity index (χ0) is 14.3. The smallest absolute Gasteiger partial charge is 0.211 e. The highest BCUT2D eigenvalue weighted by Crippen LogP contribution is 2.97. The molecule has 6 rings (SSSR count). The summed E-state index contributed by atoms with van der Waals surface area (Å²) in [5, 5.41) is 0. The predicted octanol–water partition coefficient (Wildman–Crippen LogP) is 4.01. The minimum Gasteiger partial charge on any atom is -0.270 e. The molecule has 2 fully saturated rings. The Kier molecular flexibility index (Phi) is 1.36. The van der Waals surface area contributed by atoms with Crippen LogP contribution in [0.15, 0.2) is 48.5 Å². The molecule has 1 nitrogen and oxygen atoms in total.